The van der Waals surface area contributed by atoms with Crippen LogP contribution in [0.25, 0.3) is 22.3 Å². The second kappa shape index (κ2) is 8.53. The Kier molecular flexibility index (Phi) is 5.25. The standard InChI is InChI=1S/C23H20N10O/c1-13(28-20-14(10-24)11-26-23(25)30-20)21-29-17-9-5-8-16(18-12-27-32-31-18)19(17)22(34)33(21)15-6-3-2-4-7-15/h2-9,11-13,27,31-32H,1H3,(H3,25,26,28,30). The van der Waals surface area contributed by atoms with E-state index in [4.69, 9.17) is 10.7 Å². The zero-order chi connectivity index (χ0) is 23.7. The predicted molar refractivity (Wildman–Crippen MR) is 128 cm³/mol. The zero-order valence-corrected chi connectivity index (χ0v) is 18.1. The van der Waals surface area contributed by atoms with Crippen molar-refractivity contribution in [3.05, 3.63) is 88.2 Å². The van der Waals surface area contributed by atoms with Gasteiger partial charge in [-0.3, -0.25) is 9.36 Å². The molecule has 1 aliphatic heterocycles. The highest BCUT2D eigenvalue weighted by molar-refractivity contribution is 5.91. The summed E-state index contributed by atoms with van der Waals surface area (Å²) in [5.41, 5.74) is 17.0. The van der Waals surface area contributed by atoms with Crippen molar-refractivity contribution >= 4 is 28.4 Å². The van der Waals surface area contributed by atoms with Gasteiger partial charge in [0.2, 0.25) is 5.95 Å². The van der Waals surface area contributed by atoms with Crippen LogP contribution in [0.1, 0.15) is 29.9 Å². The molecular weight excluding hydrogens is 432 g/mol. The minimum Gasteiger partial charge on any atom is -0.368 e. The Hall–Kier alpha value is -4.95. The molecule has 5 rings (SSSR count). The van der Waals surface area contributed by atoms with Crippen LogP contribution in [-0.4, -0.2) is 19.5 Å². The monoisotopic (exact) mass is 452 g/mol. The smallest absolute Gasteiger partial charge is 0.266 e. The van der Waals surface area contributed by atoms with Crippen molar-refractivity contribution in [2.45, 2.75) is 13.0 Å². The van der Waals surface area contributed by atoms with Gasteiger partial charge in [0.25, 0.3) is 5.56 Å². The Bertz CT molecular complexity index is 1520. The van der Waals surface area contributed by atoms with E-state index in [1.165, 1.54) is 6.20 Å². The Morgan fingerprint density at radius 3 is 2.71 bits per heavy atom. The average Bonchev–Trinajstić information content (AvgIpc) is 3.39. The number of nitriles is 1. The zero-order valence-electron chi connectivity index (χ0n) is 18.1. The summed E-state index contributed by atoms with van der Waals surface area (Å²) >= 11 is 0. The lowest BCUT2D eigenvalue weighted by Gasteiger charge is -2.21. The van der Waals surface area contributed by atoms with Gasteiger partial charge in [0, 0.05) is 11.8 Å². The molecule has 3 heterocycles. The fourth-order valence-electron chi connectivity index (χ4n) is 3.84. The van der Waals surface area contributed by atoms with E-state index in [0.29, 0.717) is 28.0 Å². The first kappa shape index (κ1) is 20.9. The fraction of sp³-hybridized carbons (Fsp3) is 0.0870. The Balaban J connectivity index is 1.73. The lowest BCUT2D eigenvalue weighted by molar-refractivity contribution is 0.620. The molecule has 2 aromatic carbocycles. The van der Waals surface area contributed by atoms with E-state index in [1.807, 2.05) is 55.5 Å². The Morgan fingerprint density at radius 1 is 1.15 bits per heavy atom. The molecule has 0 spiro atoms. The molecular formula is C23H20N10O. The fourth-order valence-corrected chi connectivity index (χ4v) is 3.84. The minimum absolute atomic E-state index is 0.0322. The maximum atomic E-state index is 14.0. The molecule has 0 aliphatic carbocycles. The molecule has 0 saturated carbocycles. The number of rotatable bonds is 5. The topological polar surface area (TPSA) is 159 Å². The number of fused-ring (bicyclic) bond motifs is 1. The van der Waals surface area contributed by atoms with Crippen LogP contribution in [0.2, 0.25) is 0 Å². The molecule has 1 atom stereocenters. The summed E-state index contributed by atoms with van der Waals surface area (Å²) in [6.07, 6.45) is 3.09. The lowest BCUT2D eigenvalue weighted by atomic mass is 10.1. The number of benzene rings is 2. The molecule has 34 heavy (non-hydrogen) atoms. The molecule has 168 valence electrons. The van der Waals surface area contributed by atoms with Crippen LogP contribution in [0.4, 0.5) is 11.8 Å². The molecule has 2 aromatic heterocycles. The first-order valence-corrected chi connectivity index (χ1v) is 10.4. The number of hydrogen-bond acceptors (Lipinski definition) is 10. The predicted octanol–water partition coefficient (Wildman–Crippen LogP) is 1.71. The van der Waals surface area contributed by atoms with E-state index in [9.17, 15) is 10.1 Å². The van der Waals surface area contributed by atoms with Crippen LogP contribution in [-0.2, 0) is 0 Å². The number of hydrazine groups is 2. The maximum Gasteiger partial charge on any atom is 0.266 e. The van der Waals surface area contributed by atoms with Gasteiger partial charge in [-0.05, 0) is 25.1 Å². The van der Waals surface area contributed by atoms with Gasteiger partial charge in [-0.1, -0.05) is 30.3 Å². The molecule has 1 unspecified atom stereocenters. The van der Waals surface area contributed by atoms with Gasteiger partial charge in [0.05, 0.1) is 34.5 Å². The number of hydrogen-bond donors (Lipinski definition) is 5. The maximum absolute atomic E-state index is 14.0. The minimum atomic E-state index is -0.505. The van der Waals surface area contributed by atoms with E-state index >= 15 is 0 Å². The summed E-state index contributed by atoms with van der Waals surface area (Å²) in [6.45, 7) is 1.84. The normalized spacial score (nSPS) is 13.5. The molecule has 11 heteroatoms. The van der Waals surface area contributed by atoms with Crippen molar-refractivity contribution in [1.82, 2.24) is 35.9 Å². The first-order chi connectivity index (χ1) is 16.6. The van der Waals surface area contributed by atoms with Gasteiger partial charge in [-0.15, -0.1) is 0 Å². The summed E-state index contributed by atoms with van der Waals surface area (Å²) < 4.78 is 1.57. The second-order valence-electron chi connectivity index (χ2n) is 7.57. The summed E-state index contributed by atoms with van der Waals surface area (Å²) in [5, 5.41) is 13.1. The van der Waals surface area contributed by atoms with Gasteiger partial charge in [-0.25, -0.2) is 9.97 Å². The highest BCUT2D eigenvalue weighted by Crippen LogP contribution is 2.26. The summed E-state index contributed by atoms with van der Waals surface area (Å²) in [6, 6.07) is 16.3. The lowest BCUT2D eigenvalue weighted by Crippen LogP contribution is -2.32. The van der Waals surface area contributed by atoms with E-state index in [-0.39, 0.29) is 22.9 Å². The molecule has 0 bridgehead atoms. The van der Waals surface area contributed by atoms with Crippen LogP contribution in [0.15, 0.2) is 65.7 Å². The number of nitrogens with two attached hydrogens (primary N) is 1. The molecule has 4 aromatic rings. The quantitative estimate of drug-likeness (QED) is 0.302. The molecule has 0 fully saturated rings. The SMILES string of the molecule is CC(Nc1nc(N)ncc1C#N)c1nc2cccc(C3=CNNN3)c2c(=O)n1-c1ccccc1. The number of nitrogen functional groups attached to an aromatic ring is 1. The van der Waals surface area contributed by atoms with Crippen molar-refractivity contribution in [2.24, 2.45) is 0 Å². The molecule has 1 aliphatic rings. The van der Waals surface area contributed by atoms with Crippen molar-refractivity contribution < 1.29 is 0 Å². The van der Waals surface area contributed by atoms with Gasteiger partial charge < -0.3 is 21.9 Å². The van der Waals surface area contributed by atoms with Crippen LogP contribution in [0.5, 0.6) is 0 Å². The van der Waals surface area contributed by atoms with Crippen LogP contribution < -0.4 is 33.0 Å². The average molecular weight is 452 g/mol. The Morgan fingerprint density at radius 2 is 1.97 bits per heavy atom. The molecule has 6 N–H and O–H groups in total. The number of nitrogens with one attached hydrogen (secondary N) is 4. The van der Waals surface area contributed by atoms with E-state index in [2.05, 4.69) is 31.7 Å². The van der Waals surface area contributed by atoms with E-state index < -0.39 is 6.04 Å². The third kappa shape index (κ3) is 3.64. The number of anilines is 2. The third-order valence-corrected chi connectivity index (χ3v) is 5.38. The largest absolute Gasteiger partial charge is 0.368 e. The van der Waals surface area contributed by atoms with E-state index in [1.54, 1.807) is 16.8 Å². The highest BCUT2D eigenvalue weighted by atomic mass is 16.1. The van der Waals surface area contributed by atoms with Crippen LogP contribution >= 0.6 is 0 Å². The number of para-hydroxylation sites is 1. The molecule has 0 radical (unpaired) electrons. The second-order valence-corrected chi connectivity index (χ2v) is 7.57. The van der Waals surface area contributed by atoms with Crippen molar-refractivity contribution in [1.29, 1.82) is 5.26 Å². The van der Waals surface area contributed by atoms with Crippen molar-refractivity contribution in [2.75, 3.05) is 11.1 Å². The number of nitrogens with zero attached hydrogens (tertiary/aromatic N) is 5. The van der Waals surface area contributed by atoms with Crippen LogP contribution in [0, 0.1) is 11.3 Å². The number of aromatic nitrogens is 4. The van der Waals surface area contributed by atoms with Gasteiger partial charge >= 0.3 is 0 Å². The summed E-state index contributed by atoms with van der Waals surface area (Å²) in [5.74, 6) is 0.749. The summed E-state index contributed by atoms with van der Waals surface area (Å²) in [7, 11) is 0. The molecule has 0 saturated heterocycles. The van der Waals surface area contributed by atoms with Gasteiger partial charge in [0.1, 0.15) is 23.3 Å². The van der Waals surface area contributed by atoms with Gasteiger partial charge in [-0.2, -0.15) is 15.8 Å². The first-order valence-electron chi connectivity index (χ1n) is 10.4. The van der Waals surface area contributed by atoms with Crippen molar-refractivity contribution in [3.63, 3.8) is 0 Å². The molecule has 11 nitrogen and oxygen atoms in total. The third-order valence-electron chi connectivity index (χ3n) is 5.38. The van der Waals surface area contributed by atoms with Crippen molar-refractivity contribution in [3.8, 4) is 11.8 Å². The summed E-state index contributed by atoms with van der Waals surface area (Å²) in [4.78, 5) is 26.8. The molecule has 0 amide bonds. The van der Waals surface area contributed by atoms with E-state index in [0.717, 1.165) is 5.70 Å². The van der Waals surface area contributed by atoms with Crippen LogP contribution in [0.3, 0.4) is 0 Å². The van der Waals surface area contributed by atoms with Gasteiger partial charge in [0.15, 0.2) is 0 Å². The Labute approximate surface area is 193 Å². The highest BCUT2D eigenvalue weighted by Gasteiger charge is 2.22.